The van der Waals surface area contributed by atoms with Crippen LogP contribution in [0.3, 0.4) is 0 Å². The molecule has 4 atom stereocenters. The molecule has 0 aromatic heterocycles. The lowest BCUT2D eigenvalue weighted by atomic mass is 9.92. The third kappa shape index (κ3) is 8.83. The van der Waals surface area contributed by atoms with Crippen LogP contribution in [0.5, 0.6) is 0 Å². The first kappa shape index (κ1) is 22.6. The first-order valence-electron chi connectivity index (χ1n) is 7.64. The molecule has 25 heavy (non-hydrogen) atoms. The predicted octanol–water partition coefficient (Wildman–Crippen LogP) is 0.570. The normalized spacial score (nSPS) is 15.1. The molecule has 0 bridgehead atoms. The quantitative estimate of drug-likeness (QED) is 0.429. The number of carbonyl (C=O) groups is 5. The molecule has 0 aliphatic heterocycles. The molecule has 0 radical (unpaired) electrons. The Morgan fingerprint density at radius 1 is 0.720 bits per heavy atom. The number of hydrogen-bond acceptors (Lipinski definition) is 9. The van der Waals surface area contributed by atoms with E-state index in [1.165, 1.54) is 20.8 Å². The van der Waals surface area contributed by atoms with Gasteiger partial charge in [0.1, 0.15) is 18.8 Å². The van der Waals surface area contributed by atoms with Gasteiger partial charge in [-0.3, -0.25) is 24.0 Å². The Bertz CT molecular complexity index is 526. The zero-order chi connectivity index (χ0) is 19.7. The fraction of sp³-hybridized carbons (Fsp3) is 0.688. The smallest absolute Gasteiger partial charge is 0.303 e. The van der Waals surface area contributed by atoms with Crippen molar-refractivity contribution in [1.29, 1.82) is 0 Å². The molecule has 0 spiro atoms. The Labute approximate surface area is 145 Å². The second-order valence-corrected chi connectivity index (χ2v) is 5.48. The summed E-state index contributed by atoms with van der Waals surface area (Å²) in [5, 5.41) is 0. The van der Waals surface area contributed by atoms with Gasteiger partial charge in [0.05, 0.1) is 5.92 Å². The summed E-state index contributed by atoms with van der Waals surface area (Å²) in [7, 11) is 0. The molecule has 0 rings (SSSR count). The zero-order valence-corrected chi connectivity index (χ0v) is 15.2. The standard InChI is InChI=1S/C16H24O9/c1-8(16(25-13(6)20)9(2)23-11(4)18)15(21)14(24-12(5)19)7-22-10(3)17/h8-9,14,16H,7H2,1-6H3. The number of esters is 4. The summed E-state index contributed by atoms with van der Waals surface area (Å²) in [5.41, 5.74) is 0. The second-order valence-electron chi connectivity index (χ2n) is 5.48. The monoisotopic (exact) mass is 360 g/mol. The van der Waals surface area contributed by atoms with E-state index < -0.39 is 60.5 Å². The van der Waals surface area contributed by atoms with E-state index in [9.17, 15) is 24.0 Å². The summed E-state index contributed by atoms with van der Waals surface area (Å²) in [6.07, 6.45) is -3.37. The van der Waals surface area contributed by atoms with Gasteiger partial charge in [-0.1, -0.05) is 6.92 Å². The minimum absolute atomic E-state index is 0.465. The number of rotatable bonds is 9. The molecule has 0 N–H and O–H groups in total. The molecule has 4 unspecified atom stereocenters. The maximum Gasteiger partial charge on any atom is 0.303 e. The molecular formula is C16H24O9. The summed E-state index contributed by atoms with van der Waals surface area (Å²) in [6, 6.07) is 0. The van der Waals surface area contributed by atoms with E-state index in [4.69, 9.17) is 18.9 Å². The van der Waals surface area contributed by atoms with Crippen LogP contribution in [0.2, 0.25) is 0 Å². The molecule has 0 aromatic carbocycles. The van der Waals surface area contributed by atoms with E-state index in [1.54, 1.807) is 0 Å². The van der Waals surface area contributed by atoms with E-state index >= 15 is 0 Å². The van der Waals surface area contributed by atoms with Crippen LogP contribution in [0, 0.1) is 5.92 Å². The van der Waals surface area contributed by atoms with Crippen molar-refractivity contribution in [3.63, 3.8) is 0 Å². The molecular weight excluding hydrogens is 336 g/mol. The average Bonchev–Trinajstić information content (AvgIpc) is 2.46. The minimum atomic E-state index is -1.36. The van der Waals surface area contributed by atoms with Gasteiger partial charge >= 0.3 is 23.9 Å². The topological polar surface area (TPSA) is 122 Å². The first-order chi connectivity index (χ1) is 11.5. The number of ether oxygens (including phenoxy) is 4. The molecule has 0 aliphatic rings. The van der Waals surface area contributed by atoms with Crippen molar-refractivity contribution >= 4 is 29.7 Å². The van der Waals surface area contributed by atoms with E-state index in [-0.39, 0.29) is 0 Å². The van der Waals surface area contributed by atoms with Gasteiger partial charge in [0.2, 0.25) is 0 Å². The highest BCUT2D eigenvalue weighted by molar-refractivity contribution is 5.88. The Hall–Kier alpha value is -2.45. The number of hydrogen-bond donors (Lipinski definition) is 0. The highest BCUT2D eigenvalue weighted by Crippen LogP contribution is 2.19. The molecule has 9 nitrogen and oxygen atoms in total. The molecule has 142 valence electrons. The lowest BCUT2D eigenvalue weighted by Gasteiger charge is -2.29. The maximum absolute atomic E-state index is 12.6. The Balaban J connectivity index is 5.35. The van der Waals surface area contributed by atoms with E-state index in [1.807, 2.05) is 0 Å². The summed E-state index contributed by atoms with van der Waals surface area (Å²) in [5.74, 6) is -4.30. The van der Waals surface area contributed by atoms with Gasteiger partial charge in [0, 0.05) is 27.7 Å². The van der Waals surface area contributed by atoms with Gasteiger partial charge in [-0.15, -0.1) is 0 Å². The van der Waals surface area contributed by atoms with Crippen LogP contribution in [0.1, 0.15) is 41.5 Å². The van der Waals surface area contributed by atoms with Gasteiger partial charge < -0.3 is 18.9 Å². The average molecular weight is 360 g/mol. The molecule has 0 aromatic rings. The Morgan fingerprint density at radius 3 is 1.60 bits per heavy atom. The highest BCUT2D eigenvalue weighted by atomic mass is 16.6. The predicted molar refractivity (Wildman–Crippen MR) is 83.1 cm³/mol. The van der Waals surface area contributed by atoms with Crippen molar-refractivity contribution in [2.75, 3.05) is 6.61 Å². The molecule has 0 saturated carbocycles. The van der Waals surface area contributed by atoms with Crippen LogP contribution in [-0.2, 0) is 42.9 Å². The Morgan fingerprint density at radius 2 is 1.20 bits per heavy atom. The highest BCUT2D eigenvalue weighted by Gasteiger charge is 2.38. The first-order valence-corrected chi connectivity index (χ1v) is 7.64. The van der Waals surface area contributed by atoms with E-state index in [0.29, 0.717) is 0 Å². The van der Waals surface area contributed by atoms with Gasteiger partial charge in [-0.2, -0.15) is 0 Å². The lowest BCUT2D eigenvalue weighted by molar-refractivity contribution is -0.174. The third-order valence-corrected chi connectivity index (χ3v) is 3.12. The van der Waals surface area contributed by atoms with Crippen molar-refractivity contribution in [3.05, 3.63) is 0 Å². The summed E-state index contributed by atoms with van der Waals surface area (Å²) >= 11 is 0. The SMILES string of the molecule is CC(=O)OCC(OC(C)=O)C(=O)C(C)C(OC(C)=O)C(C)OC(C)=O. The van der Waals surface area contributed by atoms with Crippen molar-refractivity contribution < 1.29 is 42.9 Å². The molecule has 0 saturated heterocycles. The summed E-state index contributed by atoms with van der Waals surface area (Å²) < 4.78 is 19.7. The Kier molecular flexibility index (Phi) is 9.40. The summed E-state index contributed by atoms with van der Waals surface area (Å²) in [4.78, 5) is 57.1. The fourth-order valence-electron chi connectivity index (χ4n) is 2.15. The van der Waals surface area contributed by atoms with Crippen LogP contribution in [-0.4, -0.2) is 54.6 Å². The van der Waals surface area contributed by atoms with Crippen LogP contribution >= 0.6 is 0 Å². The third-order valence-electron chi connectivity index (χ3n) is 3.12. The molecule has 0 amide bonds. The van der Waals surface area contributed by atoms with Gasteiger partial charge in [-0.05, 0) is 6.92 Å². The summed E-state index contributed by atoms with van der Waals surface area (Å²) in [6.45, 7) is 6.99. The number of ketones is 1. The van der Waals surface area contributed by atoms with Crippen molar-refractivity contribution in [2.24, 2.45) is 5.92 Å². The molecule has 0 heterocycles. The van der Waals surface area contributed by atoms with Crippen LogP contribution in [0.4, 0.5) is 0 Å². The number of Topliss-reactive ketones (excluding diaryl/α,β-unsaturated/α-hetero) is 1. The van der Waals surface area contributed by atoms with Crippen LogP contribution in [0.25, 0.3) is 0 Å². The molecule has 9 heteroatoms. The van der Waals surface area contributed by atoms with E-state index in [2.05, 4.69) is 0 Å². The zero-order valence-electron chi connectivity index (χ0n) is 15.2. The van der Waals surface area contributed by atoms with Gasteiger partial charge in [0.15, 0.2) is 11.9 Å². The second kappa shape index (κ2) is 10.4. The molecule has 0 fully saturated rings. The van der Waals surface area contributed by atoms with Crippen molar-refractivity contribution in [2.45, 2.75) is 59.9 Å². The van der Waals surface area contributed by atoms with Gasteiger partial charge in [-0.25, -0.2) is 0 Å². The number of carbonyl (C=O) groups excluding carboxylic acids is 5. The van der Waals surface area contributed by atoms with Crippen LogP contribution < -0.4 is 0 Å². The van der Waals surface area contributed by atoms with Gasteiger partial charge in [0.25, 0.3) is 0 Å². The lowest BCUT2D eigenvalue weighted by Crippen LogP contribution is -2.45. The van der Waals surface area contributed by atoms with Crippen molar-refractivity contribution in [3.8, 4) is 0 Å². The largest absolute Gasteiger partial charge is 0.461 e. The fourth-order valence-corrected chi connectivity index (χ4v) is 2.15. The van der Waals surface area contributed by atoms with E-state index in [0.717, 1.165) is 20.8 Å². The minimum Gasteiger partial charge on any atom is -0.461 e. The van der Waals surface area contributed by atoms with Crippen LogP contribution in [0.15, 0.2) is 0 Å². The maximum atomic E-state index is 12.6. The van der Waals surface area contributed by atoms with Crippen molar-refractivity contribution in [1.82, 2.24) is 0 Å². The molecule has 0 aliphatic carbocycles.